The summed E-state index contributed by atoms with van der Waals surface area (Å²) in [4.78, 5) is 45.3. The maximum absolute atomic E-state index is 12.2. The summed E-state index contributed by atoms with van der Waals surface area (Å²) in [6.45, 7) is 3.36. The first kappa shape index (κ1) is 28.1. The number of hydrogen-bond donors (Lipinski definition) is 2. The number of carbonyl (C=O) groups excluding carboxylic acids is 3. The first-order valence-corrected chi connectivity index (χ1v) is 14.7. The maximum Gasteiger partial charge on any atom is 0.407 e. The van der Waals surface area contributed by atoms with Crippen molar-refractivity contribution in [2.45, 2.75) is 76.0 Å². The van der Waals surface area contributed by atoms with Crippen LogP contribution in [0.1, 0.15) is 68.5 Å². The molecule has 0 bridgehead atoms. The maximum atomic E-state index is 12.2. The second-order valence-electron chi connectivity index (χ2n) is 11.5. The third-order valence-electron chi connectivity index (χ3n) is 8.75. The van der Waals surface area contributed by atoms with E-state index in [1.165, 1.54) is 0 Å². The third-order valence-corrected chi connectivity index (χ3v) is 8.75. The first-order valence-electron chi connectivity index (χ1n) is 14.7. The van der Waals surface area contributed by atoms with E-state index in [2.05, 4.69) is 38.5 Å². The lowest BCUT2D eigenvalue weighted by atomic mass is 9.85. The molecule has 1 aromatic heterocycles. The van der Waals surface area contributed by atoms with Gasteiger partial charge in [0.25, 0.3) is 0 Å². The highest BCUT2D eigenvalue weighted by molar-refractivity contribution is 6.00. The Hall–Kier alpha value is -3.46. The molecule has 1 aliphatic carbocycles. The molecule has 2 aliphatic heterocycles. The highest BCUT2D eigenvalue weighted by atomic mass is 16.5. The van der Waals surface area contributed by atoms with E-state index in [1.54, 1.807) is 0 Å². The van der Waals surface area contributed by atoms with E-state index in [1.807, 2.05) is 42.6 Å². The van der Waals surface area contributed by atoms with Gasteiger partial charge in [0.05, 0.1) is 23.5 Å². The second-order valence-corrected chi connectivity index (χ2v) is 11.5. The van der Waals surface area contributed by atoms with E-state index < -0.39 is 0 Å². The van der Waals surface area contributed by atoms with Crippen molar-refractivity contribution >= 4 is 23.6 Å². The van der Waals surface area contributed by atoms with Gasteiger partial charge in [-0.25, -0.2) is 4.79 Å². The lowest BCUT2D eigenvalue weighted by Crippen LogP contribution is -2.46. The van der Waals surface area contributed by atoms with Gasteiger partial charge in [-0.2, -0.15) is 0 Å². The van der Waals surface area contributed by atoms with Crippen molar-refractivity contribution in [3.05, 3.63) is 59.9 Å². The molecule has 3 aliphatic rings. The lowest BCUT2D eigenvalue weighted by molar-refractivity contribution is -0.134. The molecule has 214 valence electrons. The number of amides is 3. The minimum atomic E-state index is -0.342. The average molecular weight is 548 g/mol. The number of imide groups is 1. The number of alkyl carbamates (subject to hydrolysis) is 1. The van der Waals surface area contributed by atoms with Crippen LogP contribution in [0.25, 0.3) is 0 Å². The summed E-state index contributed by atoms with van der Waals surface area (Å²) < 4.78 is 5.39. The zero-order valence-corrected chi connectivity index (χ0v) is 23.4. The SMILES string of the molecule is CN(CC1CCC(NC(=O)OCc2ccccc2)CC1)C1CCN(c2ccc(C3CCC(=O)NC3=O)nc2)CC1. The first-order chi connectivity index (χ1) is 19.4. The molecule has 1 aromatic carbocycles. The number of benzene rings is 1. The topological polar surface area (TPSA) is 104 Å². The Morgan fingerprint density at radius 1 is 1.02 bits per heavy atom. The molecule has 2 aromatic rings. The summed E-state index contributed by atoms with van der Waals surface area (Å²) in [7, 11) is 2.25. The van der Waals surface area contributed by atoms with Gasteiger partial charge in [0, 0.05) is 38.1 Å². The predicted molar refractivity (Wildman–Crippen MR) is 153 cm³/mol. The fourth-order valence-electron chi connectivity index (χ4n) is 6.31. The van der Waals surface area contributed by atoms with Crippen molar-refractivity contribution in [3.63, 3.8) is 0 Å². The molecule has 1 atom stereocenters. The molecule has 0 spiro atoms. The molecular formula is C31H41N5O4. The highest BCUT2D eigenvalue weighted by Gasteiger charge is 2.30. The van der Waals surface area contributed by atoms with Crippen LogP contribution in [0.15, 0.2) is 48.7 Å². The van der Waals surface area contributed by atoms with Crippen molar-refractivity contribution in [1.82, 2.24) is 20.5 Å². The van der Waals surface area contributed by atoms with Gasteiger partial charge in [0.1, 0.15) is 6.61 Å². The van der Waals surface area contributed by atoms with Crippen LogP contribution in [0.4, 0.5) is 10.5 Å². The van der Waals surface area contributed by atoms with E-state index in [0.717, 1.165) is 75.1 Å². The second kappa shape index (κ2) is 13.3. The third kappa shape index (κ3) is 7.38. The summed E-state index contributed by atoms with van der Waals surface area (Å²) in [6, 6.07) is 14.5. The number of aromatic nitrogens is 1. The Morgan fingerprint density at radius 2 is 1.77 bits per heavy atom. The van der Waals surface area contributed by atoms with Crippen molar-refractivity contribution < 1.29 is 19.1 Å². The average Bonchev–Trinajstić information content (AvgIpc) is 2.98. The van der Waals surface area contributed by atoms with E-state index >= 15 is 0 Å². The summed E-state index contributed by atoms with van der Waals surface area (Å²) in [6.07, 6.45) is 8.89. The molecule has 1 saturated carbocycles. The molecule has 40 heavy (non-hydrogen) atoms. The molecule has 9 heteroatoms. The van der Waals surface area contributed by atoms with Crippen molar-refractivity contribution in [2.75, 3.05) is 31.6 Å². The monoisotopic (exact) mass is 547 g/mol. The molecule has 2 saturated heterocycles. The van der Waals surface area contributed by atoms with E-state index in [0.29, 0.717) is 31.4 Å². The van der Waals surface area contributed by atoms with Crippen LogP contribution in [0.3, 0.4) is 0 Å². The largest absolute Gasteiger partial charge is 0.445 e. The van der Waals surface area contributed by atoms with Gasteiger partial charge in [-0.1, -0.05) is 30.3 Å². The van der Waals surface area contributed by atoms with E-state index in [4.69, 9.17) is 4.74 Å². The smallest absolute Gasteiger partial charge is 0.407 e. The van der Waals surface area contributed by atoms with Crippen LogP contribution >= 0.6 is 0 Å². The summed E-state index contributed by atoms with van der Waals surface area (Å²) >= 11 is 0. The Bertz CT molecular complexity index is 1140. The molecule has 3 amide bonds. The minimum absolute atomic E-state index is 0.197. The van der Waals surface area contributed by atoms with Gasteiger partial charge in [-0.15, -0.1) is 0 Å². The van der Waals surface area contributed by atoms with Crippen LogP contribution in [0.5, 0.6) is 0 Å². The molecule has 3 fully saturated rings. The van der Waals surface area contributed by atoms with Gasteiger partial charge in [-0.3, -0.25) is 19.9 Å². The molecule has 1 unspecified atom stereocenters. The quantitative estimate of drug-likeness (QED) is 0.482. The summed E-state index contributed by atoms with van der Waals surface area (Å²) in [5, 5.41) is 5.47. The van der Waals surface area contributed by atoms with E-state index in [9.17, 15) is 14.4 Å². The minimum Gasteiger partial charge on any atom is -0.445 e. The number of rotatable bonds is 8. The van der Waals surface area contributed by atoms with Gasteiger partial charge in [0.15, 0.2) is 0 Å². The molecular weight excluding hydrogens is 506 g/mol. The molecule has 3 heterocycles. The molecule has 9 nitrogen and oxygen atoms in total. The Morgan fingerprint density at radius 3 is 2.45 bits per heavy atom. The zero-order valence-electron chi connectivity index (χ0n) is 23.4. The fraction of sp³-hybridized carbons (Fsp3) is 0.548. The summed E-state index contributed by atoms with van der Waals surface area (Å²) in [5.41, 5.74) is 2.82. The zero-order chi connectivity index (χ0) is 27.9. The lowest BCUT2D eigenvalue weighted by Gasteiger charge is -2.40. The number of pyridine rings is 1. The molecule has 5 rings (SSSR count). The number of anilines is 1. The number of piperidine rings is 2. The summed E-state index contributed by atoms with van der Waals surface area (Å²) in [5.74, 6) is -0.130. The molecule has 0 radical (unpaired) electrons. The van der Waals surface area contributed by atoms with Crippen LogP contribution in [0.2, 0.25) is 0 Å². The number of hydrogen-bond acceptors (Lipinski definition) is 7. The Labute approximate surface area is 236 Å². The Kier molecular flexibility index (Phi) is 9.31. The van der Waals surface area contributed by atoms with Gasteiger partial charge in [-0.05, 0) is 75.6 Å². The van der Waals surface area contributed by atoms with Crippen LogP contribution < -0.4 is 15.5 Å². The van der Waals surface area contributed by atoms with Crippen molar-refractivity contribution in [3.8, 4) is 0 Å². The number of carbonyl (C=O) groups is 3. The van der Waals surface area contributed by atoms with Crippen LogP contribution in [-0.4, -0.2) is 66.6 Å². The fourth-order valence-corrected chi connectivity index (χ4v) is 6.31. The normalized spacial score (nSPS) is 24.1. The number of ether oxygens (including phenoxy) is 1. The van der Waals surface area contributed by atoms with E-state index in [-0.39, 0.29) is 29.9 Å². The van der Waals surface area contributed by atoms with Gasteiger partial charge in [0.2, 0.25) is 11.8 Å². The van der Waals surface area contributed by atoms with Crippen LogP contribution in [-0.2, 0) is 20.9 Å². The standard InChI is InChI=1S/C31H41N5O4/c1-35(20-22-7-9-24(10-8-22)33-31(39)40-21-23-5-3-2-4-6-23)25-15-17-36(18-16-25)26-11-13-28(32-19-26)27-12-14-29(37)34-30(27)38/h2-6,11,13,19,22,24-25,27H,7-10,12,14-18,20-21H2,1H3,(H,33,39)(H,34,37,38). The molecule has 2 N–H and O–H groups in total. The number of nitrogens with zero attached hydrogens (tertiary/aromatic N) is 3. The van der Waals surface area contributed by atoms with Gasteiger partial charge >= 0.3 is 6.09 Å². The van der Waals surface area contributed by atoms with Crippen LogP contribution in [0, 0.1) is 5.92 Å². The predicted octanol–water partition coefficient (Wildman–Crippen LogP) is 3.99. The number of nitrogens with one attached hydrogen (secondary N) is 2. The Balaban J connectivity index is 0.998. The van der Waals surface area contributed by atoms with Gasteiger partial charge < -0.3 is 19.9 Å². The van der Waals surface area contributed by atoms with Crippen molar-refractivity contribution in [1.29, 1.82) is 0 Å². The highest BCUT2D eigenvalue weighted by Crippen LogP contribution is 2.29. The van der Waals surface area contributed by atoms with Crippen molar-refractivity contribution in [2.24, 2.45) is 5.92 Å².